The standard InChI is InChI=1S/C13H20N2O2S2/c1-10(2)19(16,17)8-7-15(3)12-6-4-5-11(9-12)13(14)18/h4-6,9-10H,7-8H2,1-3H3,(H2,14,18). The van der Waals surface area contributed by atoms with Gasteiger partial charge in [-0.2, -0.15) is 0 Å². The highest BCUT2D eigenvalue weighted by Crippen LogP contribution is 2.15. The third kappa shape index (κ3) is 4.47. The highest BCUT2D eigenvalue weighted by Gasteiger charge is 2.16. The van der Waals surface area contributed by atoms with E-state index >= 15 is 0 Å². The van der Waals surface area contributed by atoms with Crippen molar-refractivity contribution in [1.29, 1.82) is 0 Å². The Kier molecular flexibility index (Phi) is 5.31. The highest BCUT2D eigenvalue weighted by molar-refractivity contribution is 7.92. The minimum atomic E-state index is -3.02. The number of nitrogens with zero attached hydrogens (tertiary/aromatic N) is 1. The largest absolute Gasteiger partial charge is 0.389 e. The number of nitrogens with two attached hydrogens (primary N) is 1. The van der Waals surface area contributed by atoms with Crippen LogP contribution in [0.4, 0.5) is 5.69 Å². The molecule has 6 heteroatoms. The van der Waals surface area contributed by atoms with E-state index in [1.807, 2.05) is 36.2 Å². The Morgan fingerprint density at radius 1 is 1.42 bits per heavy atom. The first-order valence-electron chi connectivity index (χ1n) is 6.06. The monoisotopic (exact) mass is 300 g/mol. The molecule has 0 saturated heterocycles. The van der Waals surface area contributed by atoms with Gasteiger partial charge >= 0.3 is 0 Å². The molecule has 1 aromatic carbocycles. The van der Waals surface area contributed by atoms with Crippen LogP contribution in [0.3, 0.4) is 0 Å². The maximum atomic E-state index is 11.8. The van der Waals surface area contributed by atoms with Gasteiger partial charge in [-0.05, 0) is 26.0 Å². The Balaban J connectivity index is 2.76. The van der Waals surface area contributed by atoms with Crippen LogP contribution < -0.4 is 10.6 Å². The van der Waals surface area contributed by atoms with E-state index < -0.39 is 9.84 Å². The summed E-state index contributed by atoms with van der Waals surface area (Å²) in [7, 11) is -1.16. The number of sulfone groups is 1. The minimum absolute atomic E-state index is 0.137. The normalized spacial score (nSPS) is 11.6. The summed E-state index contributed by atoms with van der Waals surface area (Å²) in [5, 5.41) is -0.344. The van der Waals surface area contributed by atoms with Gasteiger partial charge in [-0.25, -0.2) is 8.42 Å². The molecule has 0 unspecified atom stereocenters. The Morgan fingerprint density at radius 2 is 2.05 bits per heavy atom. The number of hydrogen-bond acceptors (Lipinski definition) is 4. The highest BCUT2D eigenvalue weighted by atomic mass is 32.2. The molecule has 106 valence electrons. The summed E-state index contributed by atoms with van der Waals surface area (Å²) in [6, 6.07) is 7.47. The summed E-state index contributed by atoms with van der Waals surface area (Å²) in [5.41, 5.74) is 7.27. The van der Waals surface area contributed by atoms with Crippen LogP contribution in [0.5, 0.6) is 0 Å². The maximum absolute atomic E-state index is 11.8. The fraction of sp³-hybridized carbons (Fsp3) is 0.462. The second-order valence-electron chi connectivity index (χ2n) is 4.75. The summed E-state index contributed by atoms with van der Waals surface area (Å²) >= 11 is 4.93. The molecule has 0 spiro atoms. The lowest BCUT2D eigenvalue weighted by atomic mass is 10.2. The van der Waals surface area contributed by atoms with Gasteiger partial charge in [-0.15, -0.1) is 0 Å². The molecule has 0 aliphatic heterocycles. The number of rotatable bonds is 6. The van der Waals surface area contributed by atoms with E-state index in [0.29, 0.717) is 11.5 Å². The zero-order valence-corrected chi connectivity index (χ0v) is 13.1. The van der Waals surface area contributed by atoms with Crippen molar-refractivity contribution < 1.29 is 8.42 Å². The number of hydrogen-bond donors (Lipinski definition) is 1. The van der Waals surface area contributed by atoms with Crippen LogP contribution in [0.15, 0.2) is 24.3 Å². The molecule has 0 fully saturated rings. The Morgan fingerprint density at radius 3 is 2.58 bits per heavy atom. The average Bonchev–Trinajstić information content (AvgIpc) is 2.36. The third-order valence-corrected chi connectivity index (χ3v) is 5.42. The molecular weight excluding hydrogens is 280 g/mol. The van der Waals surface area contributed by atoms with E-state index in [9.17, 15) is 8.42 Å². The van der Waals surface area contributed by atoms with Crippen LogP contribution in [0.2, 0.25) is 0 Å². The van der Waals surface area contributed by atoms with Crippen LogP contribution in [0.1, 0.15) is 19.4 Å². The predicted octanol–water partition coefficient (Wildman–Crippen LogP) is 1.58. The van der Waals surface area contributed by atoms with Gasteiger partial charge in [-0.3, -0.25) is 0 Å². The van der Waals surface area contributed by atoms with Crippen molar-refractivity contribution in [2.24, 2.45) is 5.73 Å². The van der Waals surface area contributed by atoms with Crippen LogP contribution in [-0.2, 0) is 9.84 Å². The Hall–Kier alpha value is -1.14. The summed E-state index contributed by atoms with van der Waals surface area (Å²) in [4.78, 5) is 2.23. The zero-order valence-electron chi connectivity index (χ0n) is 11.5. The fourth-order valence-electron chi connectivity index (χ4n) is 1.53. The van der Waals surface area contributed by atoms with E-state index in [0.717, 1.165) is 11.3 Å². The third-order valence-electron chi connectivity index (χ3n) is 3.00. The molecule has 0 radical (unpaired) electrons. The molecule has 0 heterocycles. The SMILES string of the molecule is CC(C)S(=O)(=O)CCN(C)c1cccc(C(N)=S)c1. The number of thiocarbonyl (C=S) groups is 1. The minimum Gasteiger partial charge on any atom is -0.389 e. The van der Waals surface area contributed by atoms with Crippen LogP contribution in [0, 0.1) is 0 Å². The molecule has 0 aliphatic carbocycles. The fourth-order valence-corrected chi connectivity index (χ4v) is 2.65. The molecule has 0 aliphatic rings. The van der Waals surface area contributed by atoms with Crippen molar-refractivity contribution >= 4 is 32.7 Å². The lowest BCUT2D eigenvalue weighted by Crippen LogP contribution is -2.29. The second kappa shape index (κ2) is 6.34. The Bertz CT molecular complexity index is 554. The van der Waals surface area contributed by atoms with Crippen LogP contribution in [0.25, 0.3) is 0 Å². The Labute approximate surface area is 120 Å². The molecule has 0 amide bonds. The number of benzene rings is 1. The van der Waals surface area contributed by atoms with E-state index in [2.05, 4.69) is 0 Å². The van der Waals surface area contributed by atoms with E-state index in [1.165, 1.54) is 0 Å². The summed E-state index contributed by atoms with van der Waals surface area (Å²) in [6.45, 7) is 3.84. The predicted molar refractivity (Wildman–Crippen MR) is 84.5 cm³/mol. The average molecular weight is 300 g/mol. The molecular formula is C13H20N2O2S2. The molecule has 0 atom stereocenters. The zero-order chi connectivity index (χ0) is 14.6. The molecule has 0 aromatic heterocycles. The molecule has 1 aromatic rings. The van der Waals surface area contributed by atoms with Crippen LogP contribution >= 0.6 is 12.2 Å². The van der Waals surface area contributed by atoms with Crippen molar-refractivity contribution in [3.8, 4) is 0 Å². The van der Waals surface area contributed by atoms with Gasteiger partial charge in [0, 0.05) is 24.8 Å². The van der Waals surface area contributed by atoms with Gasteiger partial charge in [0.25, 0.3) is 0 Å². The van der Waals surface area contributed by atoms with Crippen molar-refractivity contribution in [1.82, 2.24) is 0 Å². The van der Waals surface area contributed by atoms with Crippen LogP contribution in [-0.4, -0.2) is 38.0 Å². The van der Waals surface area contributed by atoms with Gasteiger partial charge in [-0.1, -0.05) is 24.4 Å². The van der Waals surface area contributed by atoms with Crippen molar-refractivity contribution in [2.75, 3.05) is 24.2 Å². The van der Waals surface area contributed by atoms with Crippen molar-refractivity contribution in [3.05, 3.63) is 29.8 Å². The van der Waals surface area contributed by atoms with E-state index in [-0.39, 0.29) is 11.0 Å². The van der Waals surface area contributed by atoms with Gasteiger partial charge < -0.3 is 10.6 Å². The van der Waals surface area contributed by atoms with Crippen molar-refractivity contribution in [3.63, 3.8) is 0 Å². The lowest BCUT2D eigenvalue weighted by Gasteiger charge is -2.20. The maximum Gasteiger partial charge on any atom is 0.154 e. The summed E-state index contributed by atoms with van der Waals surface area (Å²) in [6.07, 6.45) is 0. The van der Waals surface area contributed by atoms with E-state index in [1.54, 1.807) is 13.8 Å². The summed E-state index contributed by atoms with van der Waals surface area (Å²) in [5.74, 6) is 0.137. The van der Waals surface area contributed by atoms with Gasteiger partial charge in [0.05, 0.1) is 11.0 Å². The quantitative estimate of drug-likeness (QED) is 0.808. The van der Waals surface area contributed by atoms with Gasteiger partial charge in [0.15, 0.2) is 9.84 Å². The summed E-state index contributed by atoms with van der Waals surface area (Å²) < 4.78 is 23.5. The molecule has 4 nitrogen and oxygen atoms in total. The molecule has 2 N–H and O–H groups in total. The molecule has 0 saturated carbocycles. The first-order chi connectivity index (χ1) is 8.74. The molecule has 19 heavy (non-hydrogen) atoms. The first kappa shape index (κ1) is 15.9. The second-order valence-corrected chi connectivity index (χ2v) is 7.87. The topological polar surface area (TPSA) is 63.4 Å². The van der Waals surface area contributed by atoms with E-state index in [4.69, 9.17) is 18.0 Å². The lowest BCUT2D eigenvalue weighted by molar-refractivity contribution is 0.586. The molecule has 1 rings (SSSR count). The van der Waals surface area contributed by atoms with Gasteiger partial charge in [0.2, 0.25) is 0 Å². The number of anilines is 1. The molecule has 0 bridgehead atoms. The van der Waals surface area contributed by atoms with Gasteiger partial charge in [0.1, 0.15) is 4.99 Å². The van der Waals surface area contributed by atoms with Crippen molar-refractivity contribution in [2.45, 2.75) is 19.1 Å². The first-order valence-corrected chi connectivity index (χ1v) is 8.19. The smallest absolute Gasteiger partial charge is 0.154 e.